The van der Waals surface area contributed by atoms with Crippen molar-refractivity contribution in [2.75, 3.05) is 11.9 Å². The third-order valence-corrected chi connectivity index (χ3v) is 7.59. The molecule has 2 aromatic heterocycles. The summed E-state index contributed by atoms with van der Waals surface area (Å²) in [7, 11) is 17.6. The molecule has 0 saturated heterocycles. The van der Waals surface area contributed by atoms with Gasteiger partial charge in [-0.1, -0.05) is 50.3 Å². The lowest BCUT2D eigenvalue weighted by Gasteiger charge is -2.34. The first-order chi connectivity index (χ1) is 15.7. The molecule has 4 radical (unpaired) electrons. The zero-order valence-corrected chi connectivity index (χ0v) is 20.3. The van der Waals surface area contributed by atoms with Crippen molar-refractivity contribution in [1.29, 1.82) is 0 Å². The molecule has 1 N–H and O–H groups in total. The average molecular weight is 456 g/mol. The standard InChI is InChI=1S/C24H27B2N4O2P/c1-14(15-7-6-8-17-19(15)32-12-24(17,26)33)29-20-16-11-18(23(25)9-4-3-5-10-23)22(31)30(2)21(16)28-13-27-20/h6-8,11,13-14H,3-5,9-10,12,33H2,1-2H3,(H,27,28,29)/t14-,24?/m1/s1. The van der Waals surface area contributed by atoms with Gasteiger partial charge in [0.15, 0.2) is 0 Å². The minimum absolute atomic E-state index is 0.0846. The van der Waals surface area contributed by atoms with Crippen LogP contribution < -0.4 is 15.6 Å². The normalized spacial score (nSPS) is 22.5. The molecule has 166 valence electrons. The number of fused-ring (bicyclic) bond motifs is 2. The molecule has 6 nitrogen and oxygen atoms in total. The summed E-state index contributed by atoms with van der Waals surface area (Å²) in [4.78, 5) is 22.1. The largest absolute Gasteiger partial charge is 0.492 e. The molecule has 9 heteroatoms. The molecule has 3 atom stereocenters. The van der Waals surface area contributed by atoms with E-state index >= 15 is 0 Å². The highest BCUT2D eigenvalue weighted by Crippen LogP contribution is 2.45. The van der Waals surface area contributed by atoms with Gasteiger partial charge in [0.1, 0.15) is 23.5 Å². The number of aromatic nitrogens is 3. The monoisotopic (exact) mass is 456 g/mol. The molecule has 3 heterocycles. The number of pyridine rings is 1. The fraction of sp³-hybridized carbons (Fsp3) is 0.458. The molecule has 3 aromatic rings. The first kappa shape index (κ1) is 22.5. The van der Waals surface area contributed by atoms with E-state index in [9.17, 15) is 4.79 Å². The summed E-state index contributed by atoms with van der Waals surface area (Å²) in [6.45, 7) is 2.47. The predicted molar refractivity (Wildman–Crippen MR) is 136 cm³/mol. The van der Waals surface area contributed by atoms with Gasteiger partial charge in [-0.25, -0.2) is 9.97 Å². The summed E-state index contributed by atoms with van der Waals surface area (Å²) in [5.41, 5.74) is 3.11. The lowest BCUT2D eigenvalue weighted by Crippen LogP contribution is -2.37. The minimum Gasteiger partial charge on any atom is -0.492 e. The number of hydrogen-bond donors (Lipinski definition) is 1. The van der Waals surface area contributed by atoms with Crippen LogP contribution in [0.4, 0.5) is 5.82 Å². The molecule has 2 unspecified atom stereocenters. The molecule has 1 aliphatic heterocycles. The summed E-state index contributed by atoms with van der Waals surface area (Å²) in [5, 5.41) is 3.09. The fourth-order valence-electron chi connectivity index (χ4n) is 5.17. The topological polar surface area (TPSA) is 69.0 Å². The number of nitrogens with one attached hydrogen (secondary N) is 1. The van der Waals surface area contributed by atoms with Gasteiger partial charge in [-0.05, 0) is 23.9 Å². The molecule has 2 aliphatic rings. The third-order valence-electron chi connectivity index (χ3n) is 7.11. The van der Waals surface area contributed by atoms with Crippen LogP contribution in [-0.4, -0.2) is 36.8 Å². The Bertz CT molecular complexity index is 1290. The first-order valence-corrected chi connectivity index (χ1v) is 12.0. The van der Waals surface area contributed by atoms with E-state index in [4.69, 9.17) is 20.4 Å². The van der Waals surface area contributed by atoms with Crippen LogP contribution in [0.25, 0.3) is 11.0 Å². The van der Waals surface area contributed by atoms with Crippen LogP contribution >= 0.6 is 9.24 Å². The van der Waals surface area contributed by atoms with Crippen LogP contribution in [0.3, 0.4) is 0 Å². The van der Waals surface area contributed by atoms with Crippen LogP contribution in [0.1, 0.15) is 61.8 Å². The number of para-hydroxylation sites is 1. The Balaban J connectivity index is 1.57. The molecular weight excluding hydrogens is 429 g/mol. The maximum atomic E-state index is 13.2. The number of nitrogens with zero attached hydrogens (tertiary/aromatic N) is 3. The zero-order valence-electron chi connectivity index (χ0n) is 19.1. The van der Waals surface area contributed by atoms with Gasteiger partial charge in [-0.15, -0.1) is 9.24 Å². The van der Waals surface area contributed by atoms with Crippen molar-refractivity contribution in [3.8, 4) is 5.75 Å². The van der Waals surface area contributed by atoms with Gasteiger partial charge in [0.05, 0.1) is 33.7 Å². The SMILES string of the molecule is [B]C1(P)COc2c([C@@H](C)Nc3ncnc4c3cc(C3([B])CCCCC3)c(=O)n4C)cccc21. The maximum Gasteiger partial charge on any atom is 0.254 e. The molecule has 0 bridgehead atoms. The van der Waals surface area contributed by atoms with Crippen LogP contribution in [0, 0.1) is 0 Å². The van der Waals surface area contributed by atoms with Crippen molar-refractivity contribution in [3.63, 3.8) is 0 Å². The molecule has 1 fully saturated rings. The van der Waals surface area contributed by atoms with E-state index in [1.54, 1.807) is 11.6 Å². The van der Waals surface area contributed by atoms with Gasteiger partial charge < -0.3 is 10.1 Å². The first-order valence-electron chi connectivity index (χ1n) is 11.5. The van der Waals surface area contributed by atoms with Crippen molar-refractivity contribution >= 4 is 41.8 Å². The maximum absolute atomic E-state index is 13.2. The van der Waals surface area contributed by atoms with Gasteiger partial charge in [0.25, 0.3) is 5.56 Å². The molecule has 5 rings (SSSR count). The van der Waals surface area contributed by atoms with Gasteiger partial charge in [0, 0.05) is 23.2 Å². The molecule has 33 heavy (non-hydrogen) atoms. The van der Waals surface area contributed by atoms with Crippen molar-refractivity contribution in [2.24, 2.45) is 7.05 Å². The fourth-order valence-corrected chi connectivity index (χ4v) is 5.48. The summed E-state index contributed by atoms with van der Waals surface area (Å²) >= 11 is 0. The van der Waals surface area contributed by atoms with Crippen LogP contribution in [0.5, 0.6) is 5.75 Å². The van der Waals surface area contributed by atoms with E-state index in [0.29, 0.717) is 23.6 Å². The number of hydrogen-bond acceptors (Lipinski definition) is 5. The van der Waals surface area contributed by atoms with Gasteiger partial charge in [-0.3, -0.25) is 9.36 Å². The van der Waals surface area contributed by atoms with Crippen LogP contribution in [0.2, 0.25) is 0 Å². The third kappa shape index (κ3) is 3.77. The highest BCUT2D eigenvalue weighted by molar-refractivity contribution is 7.21. The second kappa shape index (κ2) is 8.16. The van der Waals surface area contributed by atoms with E-state index in [0.717, 1.165) is 54.4 Å². The van der Waals surface area contributed by atoms with E-state index < -0.39 is 10.4 Å². The average Bonchev–Trinajstić information content (AvgIpc) is 3.11. The lowest BCUT2D eigenvalue weighted by atomic mass is 9.57. The van der Waals surface area contributed by atoms with E-state index in [1.165, 1.54) is 6.33 Å². The summed E-state index contributed by atoms with van der Waals surface area (Å²) in [6, 6.07) is 7.81. The Morgan fingerprint density at radius 1 is 1.18 bits per heavy atom. The highest BCUT2D eigenvalue weighted by Gasteiger charge is 2.34. The number of ether oxygens (including phenoxy) is 1. The van der Waals surface area contributed by atoms with Crippen molar-refractivity contribution in [3.05, 3.63) is 57.6 Å². The number of benzene rings is 1. The highest BCUT2D eigenvalue weighted by atomic mass is 31.0. The van der Waals surface area contributed by atoms with Gasteiger partial charge in [-0.2, -0.15) is 0 Å². The summed E-state index contributed by atoms with van der Waals surface area (Å²) < 4.78 is 7.55. The van der Waals surface area contributed by atoms with E-state index in [2.05, 4.69) is 31.4 Å². The Morgan fingerprint density at radius 3 is 2.70 bits per heavy atom. The number of anilines is 1. The minimum atomic E-state index is -0.614. The predicted octanol–water partition coefficient (Wildman–Crippen LogP) is 3.42. The molecule has 0 spiro atoms. The summed E-state index contributed by atoms with van der Waals surface area (Å²) in [5.74, 6) is 1.47. The van der Waals surface area contributed by atoms with Crippen molar-refractivity contribution in [2.45, 2.75) is 55.4 Å². The second-order valence-electron chi connectivity index (χ2n) is 9.52. The van der Waals surface area contributed by atoms with E-state index in [-0.39, 0.29) is 11.6 Å². The Labute approximate surface area is 199 Å². The van der Waals surface area contributed by atoms with Crippen molar-refractivity contribution < 1.29 is 4.74 Å². The number of aryl methyl sites for hydroxylation is 1. The van der Waals surface area contributed by atoms with Crippen LogP contribution in [0.15, 0.2) is 35.4 Å². The Hall–Kier alpha value is -2.33. The quantitative estimate of drug-likeness (QED) is 0.482. The summed E-state index contributed by atoms with van der Waals surface area (Å²) in [6.07, 6.45) is 6.32. The van der Waals surface area contributed by atoms with Crippen molar-refractivity contribution in [1.82, 2.24) is 14.5 Å². The molecule has 1 saturated carbocycles. The van der Waals surface area contributed by atoms with E-state index in [1.807, 2.05) is 24.3 Å². The smallest absolute Gasteiger partial charge is 0.254 e. The zero-order chi connectivity index (χ0) is 23.4. The Morgan fingerprint density at radius 2 is 1.94 bits per heavy atom. The number of rotatable bonds is 4. The molecular formula is C24H27B2N4O2P. The van der Waals surface area contributed by atoms with Gasteiger partial charge >= 0.3 is 0 Å². The Kier molecular flexibility index (Phi) is 5.55. The van der Waals surface area contributed by atoms with Gasteiger partial charge in [0.2, 0.25) is 0 Å². The van der Waals surface area contributed by atoms with Crippen LogP contribution in [-0.2, 0) is 17.4 Å². The molecule has 1 aliphatic carbocycles. The second-order valence-corrected chi connectivity index (χ2v) is 10.5. The molecule has 0 amide bonds. The lowest BCUT2D eigenvalue weighted by molar-refractivity contribution is 0.341. The molecule has 1 aromatic carbocycles.